The summed E-state index contributed by atoms with van der Waals surface area (Å²) < 4.78 is 27.4. The zero-order chi connectivity index (χ0) is 12.8. The summed E-state index contributed by atoms with van der Waals surface area (Å²) in [6.07, 6.45) is 1.98. The van der Waals surface area contributed by atoms with Crippen LogP contribution >= 0.6 is 22.9 Å². The number of nitrogens with one attached hydrogen (secondary N) is 1. The van der Waals surface area contributed by atoms with Crippen molar-refractivity contribution < 1.29 is 8.42 Å². The molecule has 2 aliphatic rings. The summed E-state index contributed by atoms with van der Waals surface area (Å²) in [7, 11) is -3.34. The Morgan fingerprint density at radius 1 is 1.39 bits per heavy atom. The van der Waals surface area contributed by atoms with Gasteiger partial charge in [-0.15, -0.1) is 11.3 Å². The fourth-order valence-corrected chi connectivity index (χ4v) is 5.94. The number of hydrogen-bond acceptors (Lipinski definition) is 4. The highest BCUT2D eigenvalue weighted by Gasteiger charge is 2.38. The third-order valence-corrected chi connectivity index (χ3v) is 7.32. The van der Waals surface area contributed by atoms with Crippen LogP contribution in [0.3, 0.4) is 0 Å². The molecule has 1 aromatic heterocycles. The molecule has 1 aromatic rings. The Morgan fingerprint density at radius 2 is 2.22 bits per heavy atom. The first-order valence-electron chi connectivity index (χ1n) is 6.06. The van der Waals surface area contributed by atoms with Gasteiger partial charge in [-0.3, -0.25) is 0 Å². The van der Waals surface area contributed by atoms with E-state index in [1.165, 1.54) is 0 Å². The van der Waals surface area contributed by atoms with E-state index < -0.39 is 10.0 Å². The van der Waals surface area contributed by atoms with E-state index in [2.05, 4.69) is 5.32 Å². The van der Waals surface area contributed by atoms with Crippen LogP contribution in [0.25, 0.3) is 0 Å². The van der Waals surface area contributed by atoms with Crippen molar-refractivity contribution in [3.63, 3.8) is 0 Å². The summed E-state index contributed by atoms with van der Waals surface area (Å²) in [5.74, 6) is 0.462. The summed E-state index contributed by atoms with van der Waals surface area (Å²) in [4.78, 5) is 0. The van der Waals surface area contributed by atoms with Crippen LogP contribution in [0, 0.1) is 5.92 Å². The maximum absolute atomic E-state index is 12.4. The number of sulfonamides is 1. The first-order chi connectivity index (χ1) is 8.57. The van der Waals surface area contributed by atoms with E-state index in [1.807, 2.05) is 0 Å². The molecule has 2 aliphatic heterocycles. The van der Waals surface area contributed by atoms with E-state index in [0.717, 1.165) is 30.7 Å². The summed E-state index contributed by atoms with van der Waals surface area (Å²) >= 11 is 6.95. The fraction of sp³-hybridized carbons (Fsp3) is 0.636. The Hall–Kier alpha value is -0.140. The number of thiophene rings is 1. The second-order valence-electron chi connectivity index (χ2n) is 4.82. The molecule has 0 spiro atoms. The van der Waals surface area contributed by atoms with Crippen LogP contribution in [0.15, 0.2) is 16.3 Å². The predicted octanol–water partition coefficient (Wildman–Crippen LogP) is 1.77. The normalized spacial score (nSPS) is 29.4. The molecule has 2 saturated heterocycles. The summed E-state index contributed by atoms with van der Waals surface area (Å²) in [5, 5.41) is 3.43. The van der Waals surface area contributed by atoms with Crippen LogP contribution in [0.2, 0.25) is 4.34 Å². The lowest BCUT2D eigenvalue weighted by Gasteiger charge is -2.33. The van der Waals surface area contributed by atoms with Crippen LogP contribution in [0.5, 0.6) is 0 Å². The van der Waals surface area contributed by atoms with Crippen molar-refractivity contribution in [2.24, 2.45) is 5.92 Å². The predicted molar refractivity (Wildman–Crippen MR) is 72.6 cm³/mol. The average Bonchev–Trinajstić information content (AvgIpc) is 2.96. The van der Waals surface area contributed by atoms with Crippen molar-refractivity contribution in [1.82, 2.24) is 9.62 Å². The fourth-order valence-electron chi connectivity index (χ4n) is 2.80. The molecule has 3 rings (SSSR count). The van der Waals surface area contributed by atoms with E-state index in [0.29, 0.717) is 33.6 Å². The van der Waals surface area contributed by atoms with E-state index >= 15 is 0 Å². The van der Waals surface area contributed by atoms with Crippen molar-refractivity contribution in [2.75, 3.05) is 19.6 Å². The molecular weight excluding hydrogens is 292 g/mol. The summed E-state index contributed by atoms with van der Waals surface area (Å²) in [5.41, 5.74) is 0. The Morgan fingerprint density at radius 3 is 2.94 bits per heavy atom. The van der Waals surface area contributed by atoms with Gasteiger partial charge in [0.15, 0.2) is 0 Å². The van der Waals surface area contributed by atoms with Gasteiger partial charge in [-0.2, -0.15) is 4.31 Å². The molecule has 3 heterocycles. The highest BCUT2D eigenvalue weighted by Crippen LogP contribution is 2.32. The number of piperidine rings is 1. The Bertz CT molecular complexity index is 543. The smallest absolute Gasteiger partial charge is 0.252 e. The first-order valence-corrected chi connectivity index (χ1v) is 8.70. The molecule has 18 heavy (non-hydrogen) atoms. The zero-order valence-corrected chi connectivity index (χ0v) is 12.2. The number of rotatable bonds is 2. The third-order valence-electron chi connectivity index (χ3n) is 3.76. The van der Waals surface area contributed by atoms with Gasteiger partial charge in [0.1, 0.15) is 4.21 Å². The molecule has 2 unspecified atom stereocenters. The second kappa shape index (κ2) is 4.76. The van der Waals surface area contributed by atoms with E-state index in [9.17, 15) is 8.42 Å². The molecule has 0 amide bonds. The molecule has 100 valence electrons. The van der Waals surface area contributed by atoms with Gasteiger partial charge in [0.2, 0.25) is 0 Å². The molecule has 2 atom stereocenters. The lowest BCUT2D eigenvalue weighted by atomic mass is 9.95. The third kappa shape index (κ3) is 2.20. The second-order valence-corrected chi connectivity index (χ2v) is 8.70. The van der Waals surface area contributed by atoms with Gasteiger partial charge in [0.05, 0.1) is 4.34 Å². The van der Waals surface area contributed by atoms with Gasteiger partial charge < -0.3 is 5.32 Å². The molecule has 0 aliphatic carbocycles. The average molecular weight is 307 g/mol. The molecule has 0 radical (unpaired) electrons. The van der Waals surface area contributed by atoms with Crippen molar-refractivity contribution in [1.29, 1.82) is 0 Å². The minimum atomic E-state index is -3.34. The van der Waals surface area contributed by atoms with Crippen molar-refractivity contribution >= 4 is 33.0 Å². The van der Waals surface area contributed by atoms with Gasteiger partial charge in [-0.25, -0.2) is 8.42 Å². The van der Waals surface area contributed by atoms with E-state index in [1.54, 1.807) is 16.4 Å². The highest BCUT2D eigenvalue weighted by molar-refractivity contribution is 7.91. The van der Waals surface area contributed by atoms with E-state index in [4.69, 9.17) is 11.6 Å². The number of fused-ring (bicyclic) bond motifs is 1. The number of hydrogen-bond donors (Lipinski definition) is 1. The molecule has 7 heteroatoms. The van der Waals surface area contributed by atoms with Crippen LogP contribution < -0.4 is 5.32 Å². The summed E-state index contributed by atoms with van der Waals surface area (Å²) in [6, 6.07) is 3.74. The maximum atomic E-state index is 12.4. The molecule has 0 aromatic carbocycles. The lowest BCUT2D eigenvalue weighted by molar-refractivity contribution is 0.247. The van der Waals surface area contributed by atoms with E-state index in [-0.39, 0.29) is 0 Å². The zero-order valence-electron chi connectivity index (χ0n) is 9.80. The monoisotopic (exact) mass is 306 g/mol. The number of halogens is 1. The van der Waals surface area contributed by atoms with Crippen LogP contribution in [0.1, 0.15) is 12.8 Å². The van der Waals surface area contributed by atoms with Gasteiger partial charge in [-0.1, -0.05) is 11.6 Å². The topological polar surface area (TPSA) is 49.4 Å². The van der Waals surface area contributed by atoms with Gasteiger partial charge in [-0.05, 0) is 37.4 Å². The van der Waals surface area contributed by atoms with Crippen LogP contribution in [-0.2, 0) is 10.0 Å². The van der Waals surface area contributed by atoms with Crippen molar-refractivity contribution in [3.8, 4) is 0 Å². The molecule has 0 saturated carbocycles. The van der Waals surface area contributed by atoms with Crippen LogP contribution in [0.4, 0.5) is 0 Å². The highest BCUT2D eigenvalue weighted by atomic mass is 35.5. The molecule has 4 nitrogen and oxygen atoms in total. The Balaban J connectivity index is 1.82. The van der Waals surface area contributed by atoms with Crippen LogP contribution in [-0.4, -0.2) is 38.4 Å². The Labute approximate surface area is 116 Å². The molecular formula is C11H15ClN2O2S2. The number of nitrogens with zero attached hydrogens (tertiary/aromatic N) is 1. The van der Waals surface area contributed by atoms with Crippen molar-refractivity contribution in [2.45, 2.75) is 23.1 Å². The minimum Gasteiger partial charge on any atom is -0.314 e. The quantitative estimate of drug-likeness (QED) is 0.906. The van der Waals surface area contributed by atoms with Gasteiger partial charge in [0.25, 0.3) is 10.0 Å². The van der Waals surface area contributed by atoms with Crippen molar-refractivity contribution in [3.05, 3.63) is 16.5 Å². The standard InChI is InChI=1S/C11H15ClN2O2S2/c12-10-1-2-11(17-10)18(15,16)14-6-4-9-8(7-14)3-5-13-9/h1-2,8-9,13H,3-7H2. The minimum absolute atomic E-state index is 0.358. The summed E-state index contributed by atoms with van der Waals surface area (Å²) in [6.45, 7) is 2.25. The lowest BCUT2D eigenvalue weighted by Crippen LogP contribution is -2.46. The molecule has 2 fully saturated rings. The first kappa shape index (κ1) is 12.9. The Kier molecular flexibility index (Phi) is 3.40. The molecule has 1 N–H and O–H groups in total. The SMILES string of the molecule is O=S(=O)(c1ccc(Cl)s1)N1CCC2NCCC2C1. The maximum Gasteiger partial charge on any atom is 0.252 e. The van der Waals surface area contributed by atoms with Gasteiger partial charge in [0, 0.05) is 19.1 Å². The molecule has 0 bridgehead atoms. The largest absolute Gasteiger partial charge is 0.314 e. The van der Waals surface area contributed by atoms with Gasteiger partial charge >= 0.3 is 0 Å².